The lowest BCUT2D eigenvalue weighted by Gasteiger charge is -2.32. The number of hydrogen-bond acceptors (Lipinski definition) is 3. The van der Waals surface area contributed by atoms with Crippen molar-refractivity contribution in [3.63, 3.8) is 0 Å². The van der Waals surface area contributed by atoms with Crippen molar-refractivity contribution in [2.45, 2.75) is 12.8 Å². The van der Waals surface area contributed by atoms with Gasteiger partial charge >= 0.3 is 6.18 Å². The lowest BCUT2D eigenvalue weighted by Crippen LogP contribution is -2.45. The summed E-state index contributed by atoms with van der Waals surface area (Å²) in [5, 5.41) is 0. The molecule has 1 aromatic rings. The third kappa shape index (κ3) is 5.30. The highest BCUT2D eigenvalue weighted by Gasteiger charge is 2.30. The molecule has 0 saturated carbocycles. The van der Waals surface area contributed by atoms with E-state index >= 15 is 0 Å². The molecular formula is C15H21F3N2O. The maximum absolute atomic E-state index is 12.6. The minimum absolute atomic E-state index is 0.220. The van der Waals surface area contributed by atoms with Crippen molar-refractivity contribution in [2.75, 3.05) is 46.4 Å². The average molecular weight is 302 g/mol. The first-order chi connectivity index (χ1) is 9.95. The van der Waals surface area contributed by atoms with Gasteiger partial charge in [-0.05, 0) is 24.7 Å². The Bertz CT molecular complexity index is 443. The van der Waals surface area contributed by atoms with Crippen LogP contribution >= 0.6 is 0 Å². The van der Waals surface area contributed by atoms with Gasteiger partial charge in [-0.3, -0.25) is 4.90 Å². The van der Waals surface area contributed by atoms with Crippen molar-refractivity contribution in [1.82, 2.24) is 9.80 Å². The van der Waals surface area contributed by atoms with Crippen LogP contribution in [0.3, 0.4) is 0 Å². The van der Waals surface area contributed by atoms with Crippen LogP contribution in [0, 0.1) is 0 Å². The second-order valence-corrected chi connectivity index (χ2v) is 5.40. The lowest BCUT2D eigenvalue weighted by atomic mass is 10.1. The molecule has 0 atom stereocenters. The average Bonchev–Trinajstić information content (AvgIpc) is 2.45. The van der Waals surface area contributed by atoms with Crippen molar-refractivity contribution in [1.29, 1.82) is 0 Å². The van der Waals surface area contributed by atoms with Crippen molar-refractivity contribution in [2.24, 2.45) is 0 Å². The van der Waals surface area contributed by atoms with Crippen LogP contribution in [0.1, 0.15) is 11.1 Å². The first kappa shape index (κ1) is 16.3. The van der Waals surface area contributed by atoms with Gasteiger partial charge in [0.15, 0.2) is 0 Å². The minimum atomic E-state index is -4.30. The number of benzene rings is 1. The van der Waals surface area contributed by atoms with Crippen molar-refractivity contribution in [3.8, 4) is 0 Å². The summed E-state index contributed by atoms with van der Waals surface area (Å²) < 4.78 is 43.2. The minimum Gasteiger partial charge on any atom is -0.375 e. The van der Waals surface area contributed by atoms with E-state index in [1.807, 2.05) is 0 Å². The van der Waals surface area contributed by atoms with E-state index in [4.69, 9.17) is 4.74 Å². The van der Waals surface area contributed by atoms with Gasteiger partial charge in [-0.2, -0.15) is 13.2 Å². The van der Waals surface area contributed by atoms with E-state index in [0.717, 1.165) is 44.9 Å². The van der Waals surface area contributed by atoms with Gasteiger partial charge in [-0.25, -0.2) is 0 Å². The third-order valence-corrected chi connectivity index (χ3v) is 3.67. The second kappa shape index (κ2) is 7.24. The summed E-state index contributed by atoms with van der Waals surface area (Å²) in [4.78, 5) is 4.59. The SMILES string of the molecule is CN1CCN(CCOCc2cccc(C(F)(F)F)c2)CC1. The van der Waals surface area contributed by atoms with Crippen LogP contribution in [0.2, 0.25) is 0 Å². The van der Waals surface area contributed by atoms with Crippen LogP contribution < -0.4 is 0 Å². The topological polar surface area (TPSA) is 15.7 Å². The fourth-order valence-corrected chi connectivity index (χ4v) is 2.29. The molecule has 0 bridgehead atoms. The highest BCUT2D eigenvalue weighted by Crippen LogP contribution is 2.29. The Morgan fingerprint density at radius 1 is 1.14 bits per heavy atom. The number of hydrogen-bond donors (Lipinski definition) is 0. The summed E-state index contributed by atoms with van der Waals surface area (Å²) >= 11 is 0. The normalized spacial score (nSPS) is 18.1. The molecule has 0 amide bonds. The summed E-state index contributed by atoms with van der Waals surface area (Å²) in [6.45, 7) is 5.72. The van der Waals surface area contributed by atoms with E-state index < -0.39 is 11.7 Å². The summed E-state index contributed by atoms with van der Waals surface area (Å²) in [6, 6.07) is 5.30. The highest BCUT2D eigenvalue weighted by atomic mass is 19.4. The zero-order valence-corrected chi connectivity index (χ0v) is 12.2. The first-order valence-electron chi connectivity index (χ1n) is 7.10. The number of piperazine rings is 1. The van der Waals surface area contributed by atoms with Crippen LogP contribution in [0.5, 0.6) is 0 Å². The van der Waals surface area contributed by atoms with E-state index in [-0.39, 0.29) is 6.61 Å². The molecular weight excluding hydrogens is 281 g/mol. The zero-order chi connectivity index (χ0) is 15.3. The van der Waals surface area contributed by atoms with E-state index in [9.17, 15) is 13.2 Å². The number of nitrogens with zero attached hydrogens (tertiary/aromatic N) is 2. The lowest BCUT2D eigenvalue weighted by molar-refractivity contribution is -0.137. The van der Waals surface area contributed by atoms with Crippen LogP contribution in [0.4, 0.5) is 13.2 Å². The Balaban J connectivity index is 1.71. The number of alkyl halides is 3. The van der Waals surface area contributed by atoms with E-state index in [0.29, 0.717) is 12.2 Å². The summed E-state index contributed by atoms with van der Waals surface area (Å²) in [6.07, 6.45) is -4.30. The van der Waals surface area contributed by atoms with Gasteiger partial charge in [-0.15, -0.1) is 0 Å². The Kier molecular flexibility index (Phi) is 5.61. The van der Waals surface area contributed by atoms with Gasteiger partial charge in [0.2, 0.25) is 0 Å². The molecule has 21 heavy (non-hydrogen) atoms. The van der Waals surface area contributed by atoms with Crippen molar-refractivity contribution in [3.05, 3.63) is 35.4 Å². The van der Waals surface area contributed by atoms with E-state index in [1.165, 1.54) is 6.07 Å². The second-order valence-electron chi connectivity index (χ2n) is 5.40. The van der Waals surface area contributed by atoms with Gasteiger partial charge in [0, 0.05) is 32.7 Å². The van der Waals surface area contributed by atoms with Crippen LogP contribution in [-0.2, 0) is 17.5 Å². The fraction of sp³-hybridized carbons (Fsp3) is 0.600. The number of likely N-dealkylation sites (N-methyl/N-ethyl adjacent to an activating group) is 1. The number of ether oxygens (including phenoxy) is 1. The van der Waals surface area contributed by atoms with Gasteiger partial charge < -0.3 is 9.64 Å². The van der Waals surface area contributed by atoms with Crippen molar-refractivity contribution >= 4 is 0 Å². The third-order valence-electron chi connectivity index (χ3n) is 3.67. The molecule has 1 heterocycles. The van der Waals surface area contributed by atoms with E-state index in [1.54, 1.807) is 6.07 Å². The molecule has 1 aromatic carbocycles. The summed E-state index contributed by atoms with van der Waals surface area (Å²) in [7, 11) is 2.10. The number of halogens is 3. The first-order valence-corrected chi connectivity index (χ1v) is 7.10. The fourth-order valence-electron chi connectivity index (χ4n) is 2.29. The number of rotatable bonds is 5. The largest absolute Gasteiger partial charge is 0.416 e. The van der Waals surface area contributed by atoms with Gasteiger partial charge in [-0.1, -0.05) is 12.1 Å². The van der Waals surface area contributed by atoms with Gasteiger partial charge in [0.1, 0.15) is 0 Å². The Hall–Kier alpha value is -1.11. The summed E-state index contributed by atoms with van der Waals surface area (Å²) in [5.74, 6) is 0. The Labute approximate surface area is 123 Å². The molecule has 6 heteroatoms. The molecule has 1 aliphatic rings. The standard InChI is InChI=1S/C15H21F3N2O/c1-19-5-7-20(8-6-19)9-10-21-12-13-3-2-4-14(11-13)15(16,17)18/h2-4,11H,5-10,12H2,1H3. The molecule has 0 spiro atoms. The van der Waals surface area contributed by atoms with Crippen molar-refractivity contribution < 1.29 is 17.9 Å². The zero-order valence-electron chi connectivity index (χ0n) is 12.2. The van der Waals surface area contributed by atoms with Gasteiger partial charge in [0.05, 0.1) is 18.8 Å². The molecule has 0 unspecified atom stereocenters. The molecule has 1 fully saturated rings. The Morgan fingerprint density at radius 2 is 1.86 bits per heavy atom. The van der Waals surface area contributed by atoms with Gasteiger partial charge in [0.25, 0.3) is 0 Å². The van der Waals surface area contributed by atoms with Crippen LogP contribution in [0.15, 0.2) is 24.3 Å². The maximum atomic E-state index is 12.6. The predicted octanol–water partition coefficient (Wildman–Crippen LogP) is 2.47. The van der Waals surface area contributed by atoms with Crippen LogP contribution in [-0.4, -0.2) is 56.2 Å². The quantitative estimate of drug-likeness (QED) is 0.777. The smallest absolute Gasteiger partial charge is 0.375 e. The highest BCUT2D eigenvalue weighted by molar-refractivity contribution is 5.25. The molecule has 3 nitrogen and oxygen atoms in total. The molecule has 0 aromatic heterocycles. The molecule has 118 valence electrons. The molecule has 0 N–H and O–H groups in total. The van der Waals surface area contributed by atoms with E-state index in [2.05, 4.69) is 16.8 Å². The molecule has 1 aliphatic heterocycles. The monoisotopic (exact) mass is 302 g/mol. The molecule has 0 radical (unpaired) electrons. The molecule has 2 rings (SSSR count). The maximum Gasteiger partial charge on any atom is 0.416 e. The molecule has 1 saturated heterocycles. The molecule has 0 aliphatic carbocycles. The predicted molar refractivity (Wildman–Crippen MR) is 75.0 cm³/mol. The van der Waals surface area contributed by atoms with Crippen LogP contribution in [0.25, 0.3) is 0 Å². The Morgan fingerprint density at radius 3 is 2.52 bits per heavy atom. The summed E-state index contributed by atoms with van der Waals surface area (Å²) in [5.41, 5.74) is -0.0640.